The van der Waals surface area contributed by atoms with Crippen LogP contribution < -0.4 is 0 Å². The lowest BCUT2D eigenvalue weighted by molar-refractivity contribution is 0.0638. The fraction of sp³-hybridized carbons (Fsp3) is 0.588. The summed E-state index contributed by atoms with van der Waals surface area (Å²) in [4.78, 5) is 20.4. The van der Waals surface area contributed by atoms with E-state index in [2.05, 4.69) is 21.9 Å². The molecule has 0 radical (unpaired) electrons. The summed E-state index contributed by atoms with van der Waals surface area (Å²) in [5.41, 5.74) is 0.974. The summed E-state index contributed by atoms with van der Waals surface area (Å²) in [5, 5.41) is 5.05. The Morgan fingerprint density at radius 1 is 1.30 bits per heavy atom. The molecule has 5 nitrogen and oxygen atoms in total. The molecule has 1 saturated heterocycles. The zero-order valence-corrected chi connectivity index (χ0v) is 14.4. The van der Waals surface area contributed by atoms with E-state index in [4.69, 9.17) is 0 Å². The fourth-order valence-corrected chi connectivity index (χ4v) is 5.06. The number of aromatic nitrogens is 3. The van der Waals surface area contributed by atoms with Crippen molar-refractivity contribution in [1.82, 2.24) is 19.7 Å². The van der Waals surface area contributed by atoms with Crippen LogP contribution in [0.2, 0.25) is 0 Å². The monoisotopic (exact) mass is 330 g/mol. The molecule has 0 bridgehead atoms. The average molecular weight is 330 g/mol. The van der Waals surface area contributed by atoms with Crippen molar-refractivity contribution in [2.75, 3.05) is 0 Å². The Balaban J connectivity index is 1.58. The Bertz CT molecular complexity index is 722. The summed E-state index contributed by atoms with van der Waals surface area (Å²) in [6, 6.07) is 0.787. The first-order valence-electron chi connectivity index (χ1n) is 8.41. The van der Waals surface area contributed by atoms with Crippen molar-refractivity contribution in [3.8, 4) is 10.6 Å². The third-order valence-corrected chi connectivity index (χ3v) is 6.28. The van der Waals surface area contributed by atoms with E-state index in [1.54, 1.807) is 17.1 Å². The zero-order valence-electron chi connectivity index (χ0n) is 13.6. The quantitative estimate of drug-likeness (QED) is 0.848. The lowest BCUT2D eigenvalue weighted by Gasteiger charge is -2.32. The predicted molar refractivity (Wildman–Crippen MR) is 90.3 cm³/mol. The van der Waals surface area contributed by atoms with Gasteiger partial charge in [0.05, 0.1) is 12.4 Å². The highest BCUT2D eigenvalue weighted by Crippen LogP contribution is 2.40. The Hall–Kier alpha value is -1.69. The van der Waals surface area contributed by atoms with Crippen molar-refractivity contribution in [2.24, 2.45) is 13.0 Å². The van der Waals surface area contributed by atoms with E-state index in [9.17, 15) is 4.79 Å². The number of thiazole rings is 1. The van der Waals surface area contributed by atoms with Crippen molar-refractivity contribution >= 4 is 17.2 Å². The van der Waals surface area contributed by atoms with Gasteiger partial charge in [0, 0.05) is 30.9 Å². The number of carbonyl (C=O) groups is 1. The van der Waals surface area contributed by atoms with Gasteiger partial charge in [0.15, 0.2) is 0 Å². The molecule has 6 heteroatoms. The molecule has 2 aromatic heterocycles. The largest absolute Gasteiger partial charge is 0.332 e. The van der Waals surface area contributed by atoms with Gasteiger partial charge in [-0.2, -0.15) is 5.10 Å². The van der Waals surface area contributed by atoms with E-state index in [0.29, 0.717) is 18.0 Å². The van der Waals surface area contributed by atoms with Crippen molar-refractivity contribution < 1.29 is 4.79 Å². The van der Waals surface area contributed by atoms with E-state index < -0.39 is 0 Å². The molecule has 0 aromatic carbocycles. The molecular weight excluding hydrogens is 308 g/mol. The molecule has 2 fully saturated rings. The van der Waals surface area contributed by atoms with E-state index in [1.165, 1.54) is 30.6 Å². The van der Waals surface area contributed by atoms with Crippen LogP contribution in [0.3, 0.4) is 0 Å². The fourth-order valence-electron chi connectivity index (χ4n) is 4.22. The first-order chi connectivity index (χ1) is 11.1. The van der Waals surface area contributed by atoms with Crippen LogP contribution in [-0.2, 0) is 7.05 Å². The summed E-state index contributed by atoms with van der Waals surface area (Å²) in [5.74, 6) is 0.868. The maximum atomic E-state index is 13.0. The number of likely N-dealkylation sites (tertiary alicyclic amines) is 1. The molecule has 4 rings (SSSR count). The van der Waals surface area contributed by atoms with Crippen molar-refractivity contribution in [3.05, 3.63) is 23.5 Å². The Kier molecular flexibility index (Phi) is 3.71. The first kappa shape index (κ1) is 14.9. The van der Waals surface area contributed by atoms with Crippen LogP contribution in [0.5, 0.6) is 0 Å². The summed E-state index contributed by atoms with van der Waals surface area (Å²) >= 11 is 1.48. The molecule has 3 atom stereocenters. The summed E-state index contributed by atoms with van der Waals surface area (Å²) in [6.07, 6.45) is 11.6. The van der Waals surface area contributed by atoms with E-state index in [1.807, 2.05) is 13.2 Å². The van der Waals surface area contributed by atoms with Gasteiger partial charge in [-0.1, -0.05) is 12.8 Å². The second-order valence-corrected chi connectivity index (χ2v) is 7.87. The van der Waals surface area contributed by atoms with Gasteiger partial charge in [0.2, 0.25) is 0 Å². The number of hydrogen-bond acceptors (Lipinski definition) is 4. The van der Waals surface area contributed by atoms with E-state index >= 15 is 0 Å². The molecular formula is C17H22N4OS. The Morgan fingerprint density at radius 2 is 2.13 bits per heavy atom. The molecule has 0 N–H and O–H groups in total. The molecule has 1 amide bonds. The van der Waals surface area contributed by atoms with Gasteiger partial charge in [-0.05, 0) is 32.1 Å². The lowest BCUT2D eigenvalue weighted by Crippen LogP contribution is -2.42. The average Bonchev–Trinajstić information content (AvgIpc) is 3.23. The molecule has 3 heterocycles. The van der Waals surface area contributed by atoms with Crippen LogP contribution in [-0.4, -0.2) is 37.7 Å². The summed E-state index contributed by atoms with van der Waals surface area (Å²) in [7, 11) is 1.89. The van der Waals surface area contributed by atoms with Crippen molar-refractivity contribution in [2.45, 2.75) is 51.1 Å². The molecule has 0 unspecified atom stereocenters. The smallest absolute Gasteiger partial charge is 0.266 e. The third-order valence-electron chi connectivity index (χ3n) is 5.25. The van der Waals surface area contributed by atoms with Gasteiger partial charge in [-0.3, -0.25) is 9.48 Å². The minimum atomic E-state index is 0.166. The number of aryl methyl sites for hydroxylation is 1. The number of nitrogens with zero attached hydrogens (tertiary/aromatic N) is 4. The number of fused-ring (bicyclic) bond motifs is 1. The standard InChI is InChI=1S/C17H22N4OS/c1-11-7-12-5-3-4-6-14(12)21(11)17(22)15-9-18-16(23-15)13-8-19-20(2)10-13/h8-12,14H,3-7H2,1-2H3/t11-,12+,14-/m1/s1. The number of rotatable bonds is 2. The predicted octanol–water partition coefficient (Wildman–Crippen LogP) is 3.34. The second kappa shape index (κ2) is 5.74. The molecule has 1 aliphatic carbocycles. The highest BCUT2D eigenvalue weighted by molar-refractivity contribution is 7.16. The molecule has 0 spiro atoms. The van der Waals surface area contributed by atoms with Crippen LogP contribution in [0.1, 0.15) is 48.7 Å². The van der Waals surface area contributed by atoms with E-state index in [0.717, 1.165) is 28.3 Å². The maximum Gasteiger partial charge on any atom is 0.266 e. The normalized spacial score (nSPS) is 27.2. The van der Waals surface area contributed by atoms with Gasteiger partial charge in [0.1, 0.15) is 9.88 Å². The van der Waals surface area contributed by atoms with Crippen LogP contribution in [0, 0.1) is 5.92 Å². The van der Waals surface area contributed by atoms with Crippen LogP contribution in [0.15, 0.2) is 18.6 Å². The SMILES string of the molecule is C[C@@H]1C[C@@H]2CCCC[C@H]2N1C(=O)c1cnc(-c2cnn(C)c2)s1. The molecule has 1 saturated carbocycles. The highest BCUT2D eigenvalue weighted by Gasteiger charge is 2.43. The lowest BCUT2D eigenvalue weighted by atomic mass is 9.85. The van der Waals surface area contributed by atoms with E-state index in [-0.39, 0.29) is 5.91 Å². The molecule has 23 heavy (non-hydrogen) atoms. The highest BCUT2D eigenvalue weighted by atomic mass is 32.1. The van der Waals surface area contributed by atoms with Crippen molar-refractivity contribution in [3.63, 3.8) is 0 Å². The van der Waals surface area contributed by atoms with Gasteiger partial charge < -0.3 is 4.90 Å². The second-order valence-electron chi connectivity index (χ2n) is 6.84. The Morgan fingerprint density at radius 3 is 2.91 bits per heavy atom. The topological polar surface area (TPSA) is 51.0 Å². The number of amides is 1. The van der Waals surface area contributed by atoms with Crippen LogP contribution >= 0.6 is 11.3 Å². The summed E-state index contributed by atoms with van der Waals surface area (Å²) < 4.78 is 1.76. The zero-order chi connectivity index (χ0) is 16.0. The minimum absolute atomic E-state index is 0.166. The minimum Gasteiger partial charge on any atom is -0.332 e. The molecule has 2 aromatic rings. The van der Waals surface area contributed by atoms with Crippen LogP contribution in [0.25, 0.3) is 10.6 Å². The van der Waals surface area contributed by atoms with Gasteiger partial charge in [-0.15, -0.1) is 11.3 Å². The molecule has 122 valence electrons. The van der Waals surface area contributed by atoms with Gasteiger partial charge >= 0.3 is 0 Å². The number of carbonyl (C=O) groups excluding carboxylic acids is 1. The van der Waals surface area contributed by atoms with Crippen LogP contribution in [0.4, 0.5) is 0 Å². The van der Waals surface area contributed by atoms with Crippen molar-refractivity contribution in [1.29, 1.82) is 0 Å². The maximum absolute atomic E-state index is 13.0. The number of hydrogen-bond donors (Lipinski definition) is 0. The summed E-state index contributed by atoms with van der Waals surface area (Å²) in [6.45, 7) is 2.19. The third kappa shape index (κ3) is 2.59. The van der Waals surface area contributed by atoms with Gasteiger partial charge in [0.25, 0.3) is 5.91 Å². The van der Waals surface area contributed by atoms with Gasteiger partial charge in [-0.25, -0.2) is 4.98 Å². The Labute approximate surface area is 140 Å². The molecule has 1 aliphatic heterocycles. The first-order valence-corrected chi connectivity index (χ1v) is 9.22. The molecule has 2 aliphatic rings.